The van der Waals surface area contributed by atoms with Crippen LogP contribution in [0.15, 0.2) is 48.5 Å². The maximum atomic E-state index is 13.1. The molecule has 0 saturated carbocycles. The molecular formula is C24H14N2O10. The highest BCUT2D eigenvalue weighted by atomic mass is 16.7. The number of carbonyl (C=O) groups excluding carboxylic acids is 3. The minimum absolute atomic E-state index is 0.00814. The summed E-state index contributed by atoms with van der Waals surface area (Å²) in [5.41, 5.74) is -1.71. The summed E-state index contributed by atoms with van der Waals surface area (Å²) in [5.74, 6) is -2.25. The number of nitro groups is 2. The lowest BCUT2D eigenvalue weighted by Gasteiger charge is -2.20. The van der Waals surface area contributed by atoms with Crippen LogP contribution in [0.3, 0.4) is 0 Å². The van der Waals surface area contributed by atoms with Crippen molar-refractivity contribution in [3.63, 3.8) is 0 Å². The Morgan fingerprint density at radius 3 is 2.36 bits per heavy atom. The summed E-state index contributed by atoms with van der Waals surface area (Å²) in [6, 6.07) is 10.6. The van der Waals surface area contributed by atoms with Gasteiger partial charge in [-0.1, -0.05) is 24.3 Å². The quantitative estimate of drug-likeness (QED) is 0.229. The molecule has 3 aromatic rings. The first-order valence-electron chi connectivity index (χ1n) is 10.5. The van der Waals surface area contributed by atoms with Crippen molar-refractivity contribution >= 4 is 28.9 Å². The molecule has 0 bridgehead atoms. The summed E-state index contributed by atoms with van der Waals surface area (Å²) in [5, 5.41) is 23.3. The van der Waals surface area contributed by atoms with E-state index in [0.717, 1.165) is 12.1 Å². The van der Waals surface area contributed by atoms with Crippen LogP contribution in [0.4, 0.5) is 11.4 Å². The Morgan fingerprint density at radius 2 is 1.67 bits per heavy atom. The van der Waals surface area contributed by atoms with Crippen LogP contribution in [0, 0.1) is 20.2 Å². The van der Waals surface area contributed by atoms with Crippen molar-refractivity contribution in [1.82, 2.24) is 0 Å². The predicted molar refractivity (Wildman–Crippen MR) is 119 cm³/mol. The van der Waals surface area contributed by atoms with Gasteiger partial charge >= 0.3 is 5.97 Å². The molecule has 0 amide bonds. The SMILES string of the molecule is O=C1c2ccccc2C(=O)c2c1ccc(C(=O)OCc1cc([N+](=O)[O-])cc3c1OCOC3)c2[N+](=O)[O-]. The Bertz CT molecular complexity index is 1510. The van der Waals surface area contributed by atoms with Gasteiger partial charge in [0.15, 0.2) is 12.6 Å². The molecule has 1 heterocycles. The lowest BCUT2D eigenvalue weighted by Crippen LogP contribution is -2.24. The largest absolute Gasteiger partial charge is 0.467 e. The van der Waals surface area contributed by atoms with Crippen LogP contribution < -0.4 is 4.74 Å². The fourth-order valence-electron chi connectivity index (χ4n) is 4.24. The molecule has 12 heteroatoms. The first-order valence-corrected chi connectivity index (χ1v) is 10.5. The Kier molecular flexibility index (Phi) is 5.49. The molecule has 3 aromatic carbocycles. The van der Waals surface area contributed by atoms with Crippen LogP contribution in [-0.2, 0) is 22.7 Å². The number of ether oxygens (including phenoxy) is 3. The van der Waals surface area contributed by atoms with E-state index < -0.39 is 50.8 Å². The highest BCUT2D eigenvalue weighted by Crippen LogP contribution is 2.37. The van der Waals surface area contributed by atoms with Crippen molar-refractivity contribution in [1.29, 1.82) is 0 Å². The maximum absolute atomic E-state index is 13.1. The van der Waals surface area contributed by atoms with Gasteiger partial charge in [0, 0.05) is 39.9 Å². The molecule has 36 heavy (non-hydrogen) atoms. The molecule has 2 aliphatic rings. The van der Waals surface area contributed by atoms with Gasteiger partial charge in [0.05, 0.1) is 16.5 Å². The van der Waals surface area contributed by atoms with Gasteiger partial charge in [0.1, 0.15) is 23.5 Å². The number of nitrogens with zero attached hydrogens (tertiary/aromatic N) is 2. The minimum atomic E-state index is -1.16. The lowest BCUT2D eigenvalue weighted by molar-refractivity contribution is -0.385. The molecule has 1 aliphatic carbocycles. The number of esters is 1. The average Bonchev–Trinajstić information content (AvgIpc) is 2.89. The highest BCUT2D eigenvalue weighted by Gasteiger charge is 2.39. The second kappa shape index (κ2) is 8.67. The van der Waals surface area contributed by atoms with E-state index >= 15 is 0 Å². The Hall–Kier alpha value is -4.97. The highest BCUT2D eigenvalue weighted by molar-refractivity contribution is 6.30. The molecular weight excluding hydrogens is 476 g/mol. The van der Waals surface area contributed by atoms with Gasteiger partial charge in [-0.25, -0.2) is 4.79 Å². The molecule has 0 fully saturated rings. The minimum Gasteiger partial charge on any atom is -0.467 e. The van der Waals surface area contributed by atoms with Crippen LogP contribution in [0.1, 0.15) is 53.3 Å². The van der Waals surface area contributed by atoms with Crippen LogP contribution >= 0.6 is 0 Å². The number of benzene rings is 3. The maximum Gasteiger partial charge on any atom is 0.345 e. The molecule has 0 aromatic heterocycles. The average molecular weight is 490 g/mol. The molecule has 0 N–H and O–H groups in total. The van der Waals surface area contributed by atoms with E-state index in [4.69, 9.17) is 14.2 Å². The van der Waals surface area contributed by atoms with E-state index in [0.29, 0.717) is 5.56 Å². The van der Waals surface area contributed by atoms with E-state index in [-0.39, 0.29) is 47.1 Å². The summed E-state index contributed by atoms with van der Waals surface area (Å²) < 4.78 is 15.8. The molecule has 0 unspecified atom stereocenters. The Labute approximate surface area is 201 Å². The second-order valence-electron chi connectivity index (χ2n) is 7.88. The number of carbonyl (C=O) groups is 3. The normalized spacial score (nSPS) is 13.7. The van der Waals surface area contributed by atoms with E-state index in [1.165, 1.54) is 30.3 Å². The molecule has 0 atom stereocenters. The molecule has 0 saturated heterocycles. The zero-order valence-electron chi connectivity index (χ0n) is 18.2. The third-order valence-corrected chi connectivity index (χ3v) is 5.81. The van der Waals surface area contributed by atoms with Crippen molar-refractivity contribution in [2.75, 3.05) is 6.79 Å². The molecule has 1 aliphatic heterocycles. The number of nitro benzene ring substituents is 2. The molecule has 0 spiro atoms. The van der Waals surface area contributed by atoms with Crippen LogP contribution in [0.2, 0.25) is 0 Å². The van der Waals surface area contributed by atoms with Crippen molar-refractivity contribution < 1.29 is 38.4 Å². The number of rotatable bonds is 5. The lowest BCUT2D eigenvalue weighted by atomic mass is 9.82. The third-order valence-electron chi connectivity index (χ3n) is 5.81. The number of ketones is 2. The summed E-state index contributed by atoms with van der Waals surface area (Å²) >= 11 is 0. The Morgan fingerprint density at radius 1 is 0.944 bits per heavy atom. The smallest absolute Gasteiger partial charge is 0.345 e. The van der Waals surface area contributed by atoms with Crippen molar-refractivity contribution in [3.05, 3.63) is 108 Å². The number of hydrogen-bond acceptors (Lipinski definition) is 10. The Balaban J connectivity index is 1.52. The topological polar surface area (TPSA) is 165 Å². The summed E-state index contributed by atoms with van der Waals surface area (Å²) in [4.78, 5) is 60.6. The summed E-state index contributed by atoms with van der Waals surface area (Å²) in [7, 11) is 0. The first kappa shape index (κ1) is 22.8. The summed E-state index contributed by atoms with van der Waals surface area (Å²) in [6.45, 7) is -0.571. The standard InChI is InChI=1S/C24H14N2O10/c27-21-15-3-1-2-4-16(15)22(28)19-17(21)5-6-18(20(19)26(32)33)24(29)35-10-13-8-14(25(30)31)7-12-9-34-11-36-23(12)13/h1-8H,9-11H2. The summed E-state index contributed by atoms with van der Waals surface area (Å²) in [6.07, 6.45) is 0. The molecule has 5 rings (SSSR count). The van der Waals surface area contributed by atoms with Crippen molar-refractivity contribution in [2.45, 2.75) is 13.2 Å². The molecule has 180 valence electrons. The number of hydrogen-bond donors (Lipinski definition) is 0. The van der Waals surface area contributed by atoms with E-state index in [2.05, 4.69) is 0 Å². The number of non-ortho nitro benzene ring substituents is 1. The molecule has 12 nitrogen and oxygen atoms in total. The van der Waals surface area contributed by atoms with Gasteiger partial charge in [0.25, 0.3) is 11.4 Å². The van der Waals surface area contributed by atoms with Crippen LogP contribution in [0.25, 0.3) is 0 Å². The molecule has 0 radical (unpaired) electrons. The first-order chi connectivity index (χ1) is 17.3. The van der Waals surface area contributed by atoms with Gasteiger partial charge in [-0.2, -0.15) is 0 Å². The second-order valence-corrected chi connectivity index (χ2v) is 7.88. The van der Waals surface area contributed by atoms with E-state index in [1.54, 1.807) is 6.07 Å². The predicted octanol–water partition coefficient (Wildman–Crippen LogP) is 3.50. The zero-order valence-corrected chi connectivity index (χ0v) is 18.2. The third kappa shape index (κ3) is 3.65. The van der Waals surface area contributed by atoms with Gasteiger partial charge in [-0.3, -0.25) is 29.8 Å². The van der Waals surface area contributed by atoms with Gasteiger partial charge in [0.2, 0.25) is 5.78 Å². The van der Waals surface area contributed by atoms with Gasteiger partial charge in [-0.15, -0.1) is 0 Å². The van der Waals surface area contributed by atoms with Gasteiger partial charge in [-0.05, 0) is 12.1 Å². The van der Waals surface area contributed by atoms with Crippen molar-refractivity contribution in [2.24, 2.45) is 0 Å². The van der Waals surface area contributed by atoms with Crippen LogP contribution in [0.5, 0.6) is 5.75 Å². The van der Waals surface area contributed by atoms with Crippen molar-refractivity contribution in [3.8, 4) is 5.75 Å². The zero-order chi connectivity index (χ0) is 25.6. The number of fused-ring (bicyclic) bond motifs is 3. The fraction of sp³-hybridized carbons (Fsp3) is 0.125. The monoisotopic (exact) mass is 490 g/mol. The van der Waals surface area contributed by atoms with E-state index in [1.807, 2.05) is 0 Å². The van der Waals surface area contributed by atoms with Gasteiger partial charge < -0.3 is 14.2 Å². The fourth-order valence-corrected chi connectivity index (χ4v) is 4.24. The van der Waals surface area contributed by atoms with Crippen LogP contribution in [-0.4, -0.2) is 34.2 Å². The van der Waals surface area contributed by atoms with E-state index in [9.17, 15) is 34.6 Å².